The maximum atomic E-state index is 12.6. The lowest BCUT2D eigenvalue weighted by atomic mass is 10.1. The number of aromatic nitrogens is 1. The number of rotatable bonds is 4. The second-order valence-corrected chi connectivity index (χ2v) is 7.16. The van der Waals surface area contributed by atoms with Gasteiger partial charge in [-0.2, -0.15) is 0 Å². The van der Waals surface area contributed by atoms with Gasteiger partial charge in [0.2, 0.25) is 0 Å². The highest BCUT2D eigenvalue weighted by Gasteiger charge is 2.34. The number of sulfone groups is 1. The first kappa shape index (κ1) is 15.5. The highest BCUT2D eigenvalue weighted by atomic mass is 32.2. The Labute approximate surface area is 124 Å². The molecule has 1 saturated heterocycles. The summed E-state index contributed by atoms with van der Waals surface area (Å²) in [6, 6.07) is 2.82. The highest BCUT2D eigenvalue weighted by molar-refractivity contribution is 7.91. The summed E-state index contributed by atoms with van der Waals surface area (Å²) in [7, 11) is -3.08. The van der Waals surface area contributed by atoms with Crippen LogP contribution in [0, 0.1) is 12.3 Å². The van der Waals surface area contributed by atoms with E-state index in [-0.39, 0.29) is 36.5 Å². The van der Waals surface area contributed by atoms with Gasteiger partial charge in [-0.25, -0.2) is 8.42 Å². The zero-order valence-electron chi connectivity index (χ0n) is 11.5. The lowest BCUT2D eigenvalue weighted by Crippen LogP contribution is -2.41. The summed E-state index contributed by atoms with van der Waals surface area (Å²) in [6.45, 7) is 0.313. The van der Waals surface area contributed by atoms with Gasteiger partial charge in [-0.15, -0.1) is 6.42 Å². The maximum absolute atomic E-state index is 12.6. The van der Waals surface area contributed by atoms with Crippen molar-refractivity contribution < 1.29 is 13.2 Å². The fourth-order valence-electron chi connectivity index (χ4n) is 2.37. The Hall–Kier alpha value is -1.91. The number of pyridine rings is 1. The molecule has 1 aromatic rings. The van der Waals surface area contributed by atoms with Crippen LogP contribution in [0.4, 0.5) is 0 Å². The van der Waals surface area contributed by atoms with Crippen molar-refractivity contribution in [2.24, 2.45) is 5.73 Å². The topological polar surface area (TPSA) is 93.4 Å². The molecule has 0 aliphatic carbocycles. The molecule has 2 N–H and O–H groups in total. The molecule has 1 aromatic heterocycles. The van der Waals surface area contributed by atoms with Crippen LogP contribution in [0.25, 0.3) is 0 Å². The highest BCUT2D eigenvalue weighted by Crippen LogP contribution is 2.20. The van der Waals surface area contributed by atoms with E-state index in [1.807, 2.05) is 0 Å². The lowest BCUT2D eigenvalue weighted by Gasteiger charge is -2.26. The summed E-state index contributed by atoms with van der Waals surface area (Å²) in [4.78, 5) is 18.0. The maximum Gasteiger partial charge on any atom is 0.255 e. The molecule has 1 fully saturated rings. The van der Waals surface area contributed by atoms with Crippen molar-refractivity contribution >= 4 is 15.7 Å². The van der Waals surface area contributed by atoms with E-state index in [4.69, 9.17) is 12.2 Å². The summed E-state index contributed by atoms with van der Waals surface area (Å²) in [6.07, 6.45) is 7.24. The second kappa shape index (κ2) is 6.24. The first-order valence-electron chi connectivity index (χ1n) is 6.56. The average molecular weight is 307 g/mol. The van der Waals surface area contributed by atoms with Crippen LogP contribution >= 0.6 is 0 Å². The smallest absolute Gasteiger partial charge is 0.255 e. The fraction of sp³-hybridized carbons (Fsp3) is 0.429. The van der Waals surface area contributed by atoms with Crippen LogP contribution in [0.3, 0.4) is 0 Å². The third-order valence-corrected chi connectivity index (χ3v) is 5.19. The van der Waals surface area contributed by atoms with E-state index in [0.717, 1.165) is 0 Å². The second-order valence-electron chi connectivity index (χ2n) is 4.93. The monoisotopic (exact) mass is 307 g/mol. The molecular weight excluding hydrogens is 290 g/mol. The molecule has 21 heavy (non-hydrogen) atoms. The SMILES string of the molecule is C#CCN(C(=O)c1ccnc(CN)c1)C1CCS(=O)(=O)C1. The molecule has 0 radical (unpaired) electrons. The summed E-state index contributed by atoms with van der Waals surface area (Å²) >= 11 is 0. The number of carbonyl (C=O) groups is 1. The largest absolute Gasteiger partial charge is 0.325 e. The molecule has 1 unspecified atom stereocenters. The number of carbonyl (C=O) groups excluding carboxylic acids is 1. The van der Waals surface area contributed by atoms with Gasteiger partial charge in [0.05, 0.1) is 23.7 Å². The van der Waals surface area contributed by atoms with E-state index < -0.39 is 9.84 Å². The summed E-state index contributed by atoms with van der Waals surface area (Å²) in [5, 5.41) is 0. The van der Waals surface area contributed by atoms with E-state index in [2.05, 4.69) is 10.9 Å². The van der Waals surface area contributed by atoms with Crippen molar-refractivity contribution in [3.8, 4) is 12.3 Å². The molecule has 6 nitrogen and oxygen atoms in total. The number of hydrogen-bond donors (Lipinski definition) is 1. The quantitative estimate of drug-likeness (QED) is 0.778. The molecule has 1 amide bonds. The van der Waals surface area contributed by atoms with Gasteiger partial charge in [-0.3, -0.25) is 9.78 Å². The average Bonchev–Trinajstić information content (AvgIpc) is 2.84. The molecule has 112 valence electrons. The number of nitrogens with zero attached hydrogens (tertiary/aromatic N) is 2. The van der Waals surface area contributed by atoms with Crippen molar-refractivity contribution in [3.05, 3.63) is 29.6 Å². The van der Waals surface area contributed by atoms with Crippen molar-refractivity contribution in [2.75, 3.05) is 18.1 Å². The molecule has 0 spiro atoms. The van der Waals surface area contributed by atoms with Gasteiger partial charge in [-0.05, 0) is 18.6 Å². The molecule has 0 aromatic carbocycles. The molecule has 1 aliphatic rings. The van der Waals surface area contributed by atoms with Crippen LogP contribution in [-0.2, 0) is 16.4 Å². The van der Waals surface area contributed by atoms with Gasteiger partial charge < -0.3 is 10.6 Å². The van der Waals surface area contributed by atoms with Crippen LogP contribution < -0.4 is 5.73 Å². The Morgan fingerprint density at radius 1 is 1.57 bits per heavy atom. The summed E-state index contributed by atoms with van der Waals surface area (Å²) in [5.41, 5.74) is 6.53. The van der Waals surface area contributed by atoms with Gasteiger partial charge in [0.15, 0.2) is 9.84 Å². The zero-order chi connectivity index (χ0) is 15.5. The van der Waals surface area contributed by atoms with Crippen LogP contribution in [0.15, 0.2) is 18.3 Å². The Morgan fingerprint density at radius 2 is 2.33 bits per heavy atom. The summed E-state index contributed by atoms with van der Waals surface area (Å²) < 4.78 is 23.2. The van der Waals surface area contributed by atoms with E-state index >= 15 is 0 Å². The molecule has 2 heterocycles. The Kier molecular flexibility index (Phi) is 4.60. The van der Waals surface area contributed by atoms with Gasteiger partial charge in [0, 0.05) is 24.3 Å². The van der Waals surface area contributed by atoms with E-state index in [0.29, 0.717) is 17.7 Å². The number of nitrogens with two attached hydrogens (primary N) is 1. The predicted molar refractivity (Wildman–Crippen MR) is 79.1 cm³/mol. The molecule has 1 atom stereocenters. The fourth-order valence-corrected chi connectivity index (χ4v) is 4.11. The van der Waals surface area contributed by atoms with Crippen molar-refractivity contribution in [2.45, 2.75) is 19.0 Å². The molecule has 0 saturated carbocycles. The first-order chi connectivity index (χ1) is 9.96. The minimum Gasteiger partial charge on any atom is -0.325 e. The minimum absolute atomic E-state index is 0.0325. The Morgan fingerprint density at radius 3 is 2.90 bits per heavy atom. The zero-order valence-corrected chi connectivity index (χ0v) is 12.3. The Balaban J connectivity index is 2.25. The lowest BCUT2D eigenvalue weighted by molar-refractivity contribution is 0.0724. The predicted octanol–water partition coefficient (Wildman–Crippen LogP) is -0.197. The van der Waals surface area contributed by atoms with E-state index in [1.165, 1.54) is 11.1 Å². The van der Waals surface area contributed by atoms with Gasteiger partial charge in [0.25, 0.3) is 5.91 Å². The molecule has 2 rings (SSSR count). The van der Waals surface area contributed by atoms with Crippen LogP contribution in [-0.4, -0.2) is 48.3 Å². The first-order valence-corrected chi connectivity index (χ1v) is 8.39. The van der Waals surface area contributed by atoms with Crippen molar-refractivity contribution in [1.29, 1.82) is 0 Å². The molecular formula is C14H17N3O3S. The third-order valence-electron chi connectivity index (χ3n) is 3.44. The number of amides is 1. The van der Waals surface area contributed by atoms with E-state index in [1.54, 1.807) is 12.1 Å². The van der Waals surface area contributed by atoms with Crippen LogP contribution in [0.1, 0.15) is 22.5 Å². The minimum atomic E-state index is -3.08. The molecule has 1 aliphatic heterocycles. The normalized spacial score (nSPS) is 19.9. The third kappa shape index (κ3) is 3.60. The number of terminal acetylenes is 1. The van der Waals surface area contributed by atoms with Crippen LogP contribution in [0.5, 0.6) is 0 Å². The Bertz CT molecular complexity index is 679. The molecule has 0 bridgehead atoms. The number of hydrogen-bond acceptors (Lipinski definition) is 5. The van der Waals surface area contributed by atoms with E-state index in [9.17, 15) is 13.2 Å². The van der Waals surface area contributed by atoms with Crippen molar-refractivity contribution in [1.82, 2.24) is 9.88 Å². The van der Waals surface area contributed by atoms with Gasteiger partial charge in [0.1, 0.15) is 0 Å². The van der Waals surface area contributed by atoms with Gasteiger partial charge >= 0.3 is 0 Å². The molecule has 7 heteroatoms. The van der Waals surface area contributed by atoms with Crippen LogP contribution in [0.2, 0.25) is 0 Å². The standard InChI is InChI=1S/C14H17N3O3S/c1-2-6-17(13-4-7-21(19,20)10-13)14(18)11-3-5-16-12(8-11)9-15/h1,3,5,8,13H,4,6-7,9-10,15H2. The summed E-state index contributed by atoms with van der Waals surface area (Å²) in [5.74, 6) is 2.20. The van der Waals surface area contributed by atoms with Gasteiger partial charge in [-0.1, -0.05) is 5.92 Å². The van der Waals surface area contributed by atoms with Crippen molar-refractivity contribution in [3.63, 3.8) is 0 Å².